The summed E-state index contributed by atoms with van der Waals surface area (Å²) in [7, 11) is 0. The average molecular weight is 297 g/mol. The third-order valence-corrected chi connectivity index (χ3v) is 3.36. The molecule has 4 heteroatoms. The number of carbonyl (C=O) groups excluding carboxylic acids is 2. The standard InChI is InChI=1S/C18H19NO3/c1-13-3-2-4-15(9-13)10-18(22)19-11-14-5-7-16(8-6-14)17(21)12-20/h2-9,20H,10-12H2,1H3,(H,19,22). The Kier molecular flexibility index (Phi) is 5.44. The van der Waals surface area contributed by atoms with E-state index in [-0.39, 0.29) is 11.7 Å². The van der Waals surface area contributed by atoms with Crippen molar-refractivity contribution >= 4 is 11.7 Å². The number of rotatable bonds is 6. The topological polar surface area (TPSA) is 66.4 Å². The van der Waals surface area contributed by atoms with E-state index in [1.165, 1.54) is 0 Å². The summed E-state index contributed by atoms with van der Waals surface area (Å²) in [4.78, 5) is 23.2. The summed E-state index contributed by atoms with van der Waals surface area (Å²) < 4.78 is 0. The largest absolute Gasteiger partial charge is 0.388 e. The van der Waals surface area contributed by atoms with Crippen LogP contribution in [0.3, 0.4) is 0 Å². The Bertz CT molecular complexity index is 662. The highest BCUT2D eigenvalue weighted by Gasteiger charge is 2.05. The van der Waals surface area contributed by atoms with Crippen LogP contribution in [0.2, 0.25) is 0 Å². The first-order valence-electron chi connectivity index (χ1n) is 7.13. The number of Topliss-reactive ketones (excluding diaryl/α,β-unsaturated/α-hetero) is 1. The summed E-state index contributed by atoms with van der Waals surface area (Å²) in [5.41, 5.74) is 3.50. The second-order valence-corrected chi connectivity index (χ2v) is 5.22. The Balaban J connectivity index is 1.87. The predicted molar refractivity (Wildman–Crippen MR) is 84.6 cm³/mol. The maximum atomic E-state index is 11.9. The smallest absolute Gasteiger partial charge is 0.224 e. The number of hydrogen-bond acceptors (Lipinski definition) is 3. The lowest BCUT2D eigenvalue weighted by atomic mass is 10.1. The number of amides is 1. The molecule has 0 radical (unpaired) electrons. The van der Waals surface area contributed by atoms with E-state index in [1.54, 1.807) is 24.3 Å². The van der Waals surface area contributed by atoms with Crippen molar-refractivity contribution in [3.05, 3.63) is 70.8 Å². The Labute approximate surface area is 129 Å². The fourth-order valence-electron chi connectivity index (χ4n) is 2.17. The quantitative estimate of drug-likeness (QED) is 0.802. The summed E-state index contributed by atoms with van der Waals surface area (Å²) in [6.07, 6.45) is 0.350. The fraction of sp³-hybridized carbons (Fsp3) is 0.222. The van der Waals surface area contributed by atoms with Crippen molar-refractivity contribution in [3.63, 3.8) is 0 Å². The minimum Gasteiger partial charge on any atom is -0.388 e. The lowest BCUT2D eigenvalue weighted by Gasteiger charge is -2.07. The molecule has 2 rings (SSSR count). The van der Waals surface area contributed by atoms with Gasteiger partial charge in [-0.05, 0) is 18.1 Å². The van der Waals surface area contributed by atoms with Crippen molar-refractivity contribution in [2.75, 3.05) is 6.61 Å². The number of hydrogen-bond donors (Lipinski definition) is 2. The SMILES string of the molecule is Cc1cccc(CC(=O)NCc2ccc(C(=O)CO)cc2)c1. The molecule has 22 heavy (non-hydrogen) atoms. The second-order valence-electron chi connectivity index (χ2n) is 5.22. The first-order chi connectivity index (χ1) is 10.6. The summed E-state index contributed by atoms with van der Waals surface area (Å²) in [6.45, 7) is 1.92. The number of benzene rings is 2. The van der Waals surface area contributed by atoms with Crippen LogP contribution in [0.5, 0.6) is 0 Å². The maximum absolute atomic E-state index is 11.9. The molecule has 0 aliphatic carbocycles. The van der Waals surface area contributed by atoms with Crippen LogP contribution in [-0.2, 0) is 17.8 Å². The van der Waals surface area contributed by atoms with Crippen molar-refractivity contribution < 1.29 is 14.7 Å². The van der Waals surface area contributed by atoms with Gasteiger partial charge in [0.25, 0.3) is 0 Å². The molecule has 0 saturated heterocycles. The number of aliphatic hydroxyl groups excluding tert-OH is 1. The normalized spacial score (nSPS) is 10.3. The van der Waals surface area contributed by atoms with E-state index in [4.69, 9.17) is 5.11 Å². The van der Waals surface area contributed by atoms with Gasteiger partial charge in [0.15, 0.2) is 5.78 Å². The van der Waals surface area contributed by atoms with Gasteiger partial charge >= 0.3 is 0 Å². The third kappa shape index (κ3) is 4.53. The van der Waals surface area contributed by atoms with Crippen molar-refractivity contribution in [1.29, 1.82) is 0 Å². The molecule has 4 nitrogen and oxygen atoms in total. The Morgan fingerprint density at radius 2 is 1.77 bits per heavy atom. The Hall–Kier alpha value is -2.46. The van der Waals surface area contributed by atoms with Crippen LogP contribution in [0.25, 0.3) is 0 Å². The van der Waals surface area contributed by atoms with Crippen LogP contribution in [0.15, 0.2) is 48.5 Å². The van der Waals surface area contributed by atoms with Crippen LogP contribution >= 0.6 is 0 Å². The molecule has 2 N–H and O–H groups in total. The highest BCUT2D eigenvalue weighted by Crippen LogP contribution is 2.07. The van der Waals surface area contributed by atoms with Gasteiger partial charge in [0.1, 0.15) is 6.61 Å². The first-order valence-corrected chi connectivity index (χ1v) is 7.13. The van der Waals surface area contributed by atoms with Gasteiger partial charge in [-0.25, -0.2) is 0 Å². The molecule has 1 amide bonds. The maximum Gasteiger partial charge on any atom is 0.224 e. The zero-order chi connectivity index (χ0) is 15.9. The molecule has 0 atom stereocenters. The van der Waals surface area contributed by atoms with Gasteiger partial charge in [-0.2, -0.15) is 0 Å². The van der Waals surface area contributed by atoms with Gasteiger partial charge in [0, 0.05) is 12.1 Å². The van der Waals surface area contributed by atoms with Crippen LogP contribution in [0.4, 0.5) is 0 Å². The molecule has 0 fully saturated rings. The average Bonchev–Trinajstić information content (AvgIpc) is 2.52. The van der Waals surface area contributed by atoms with Crippen molar-refractivity contribution in [2.24, 2.45) is 0 Å². The van der Waals surface area contributed by atoms with E-state index >= 15 is 0 Å². The molecule has 0 unspecified atom stereocenters. The molecule has 0 spiro atoms. The highest BCUT2D eigenvalue weighted by molar-refractivity contribution is 5.96. The van der Waals surface area contributed by atoms with Crippen molar-refractivity contribution in [3.8, 4) is 0 Å². The molecule has 0 aromatic heterocycles. The van der Waals surface area contributed by atoms with E-state index in [0.29, 0.717) is 18.5 Å². The minimum absolute atomic E-state index is 0.0406. The molecular weight excluding hydrogens is 278 g/mol. The van der Waals surface area contributed by atoms with E-state index in [0.717, 1.165) is 16.7 Å². The van der Waals surface area contributed by atoms with E-state index in [9.17, 15) is 9.59 Å². The number of carbonyl (C=O) groups is 2. The number of nitrogens with one attached hydrogen (secondary N) is 1. The molecule has 2 aromatic carbocycles. The third-order valence-electron chi connectivity index (χ3n) is 3.36. The van der Waals surface area contributed by atoms with Gasteiger partial charge in [-0.3, -0.25) is 9.59 Å². The minimum atomic E-state index is -0.493. The number of ketones is 1. The Morgan fingerprint density at radius 1 is 1.05 bits per heavy atom. The molecule has 0 saturated carbocycles. The van der Waals surface area contributed by atoms with Gasteiger partial charge in [0.05, 0.1) is 6.42 Å². The van der Waals surface area contributed by atoms with E-state index in [1.807, 2.05) is 31.2 Å². The summed E-state index contributed by atoms with van der Waals surface area (Å²) in [6, 6.07) is 14.7. The monoisotopic (exact) mass is 297 g/mol. The summed E-state index contributed by atoms with van der Waals surface area (Å²) in [5.74, 6) is -0.351. The Morgan fingerprint density at radius 3 is 2.41 bits per heavy atom. The molecular formula is C18H19NO3. The molecule has 0 heterocycles. The molecule has 0 aliphatic rings. The summed E-state index contributed by atoms with van der Waals surface area (Å²) in [5, 5.41) is 11.6. The number of aliphatic hydroxyl groups is 1. The lowest BCUT2D eigenvalue weighted by molar-refractivity contribution is -0.120. The van der Waals surface area contributed by atoms with E-state index < -0.39 is 6.61 Å². The van der Waals surface area contributed by atoms with Crippen molar-refractivity contribution in [2.45, 2.75) is 19.9 Å². The fourth-order valence-corrected chi connectivity index (χ4v) is 2.17. The molecule has 2 aromatic rings. The second kappa shape index (κ2) is 7.52. The van der Waals surface area contributed by atoms with Crippen LogP contribution in [0.1, 0.15) is 27.0 Å². The van der Waals surface area contributed by atoms with Gasteiger partial charge < -0.3 is 10.4 Å². The predicted octanol–water partition coefficient (Wildman–Crippen LogP) is 2.03. The zero-order valence-corrected chi connectivity index (χ0v) is 12.5. The molecule has 0 aliphatic heterocycles. The van der Waals surface area contributed by atoms with Crippen LogP contribution < -0.4 is 5.32 Å². The van der Waals surface area contributed by atoms with Gasteiger partial charge in [-0.15, -0.1) is 0 Å². The highest BCUT2D eigenvalue weighted by atomic mass is 16.3. The van der Waals surface area contributed by atoms with Crippen LogP contribution in [-0.4, -0.2) is 23.4 Å². The zero-order valence-electron chi connectivity index (χ0n) is 12.5. The molecule has 114 valence electrons. The van der Waals surface area contributed by atoms with Crippen molar-refractivity contribution in [1.82, 2.24) is 5.32 Å². The lowest BCUT2D eigenvalue weighted by Crippen LogP contribution is -2.24. The van der Waals surface area contributed by atoms with E-state index in [2.05, 4.69) is 5.32 Å². The van der Waals surface area contributed by atoms with Gasteiger partial charge in [0.2, 0.25) is 5.91 Å². The molecule has 0 bridgehead atoms. The number of aryl methyl sites for hydroxylation is 1. The van der Waals surface area contributed by atoms with Gasteiger partial charge in [-0.1, -0.05) is 54.1 Å². The first kappa shape index (κ1) is 15.9. The van der Waals surface area contributed by atoms with Crippen LogP contribution in [0, 0.1) is 6.92 Å². The summed E-state index contributed by atoms with van der Waals surface area (Å²) >= 11 is 0.